The van der Waals surface area contributed by atoms with Crippen LogP contribution in [0.1, 0.15) is 26.3 Å². The summed E-state index contributed by atoms with van der Waals surface area (Å²) in [6.07, 6.45) is -6.25. The Morgan fingerprint density at radius 2 is 1.79 bits per heavy atom. The fourth-order valence-corrected chi connectivity index (χ4v) is 1.64. The molecule has 1 rings (SSSR count). The summed E-state index contributed by atoms with van der Waals surface area (Å²) in [5.74, 6) is -2.09. The number of nitrogens with one attached hydrogen (secondary N) is 1. The lowest BCUT2D eigenvalue weighted by Crippen LogP contribution is -2.35. The molecule has 0 saturated carbocycles. The van der Waals surface area contributed by atoms with E-state index in [2.05, 4.69) is 10.1 Å². The Bertz CT molecular complexity index is 608. The van der Waals surface area contributed by atoms with E-state index in [0.29, 0.717) is 0 Å². The first kappa shape index (κ1) is 19.7. The largest absolute Gasteiger partial charge is 0.573 e. The average molecular weight is 351 g/mol. The zero-order valence-electron chi connectivity index (χ0n) is 13.3. The zero-order valence-corrected chi connectivity index (χ0v) is 13.3. The van der Waals surface area contributed by atoms with Gasteiger partial charge in [-0.3, -0.25) is 4.79 Å². The lowest BCUT2D eigenvalue weighted by atomic mass is 10.1. The van der Waals surface area contributed by atoms with E-state index in [1.54, 1.807) is 20.8 Å². The van der Waals surface area contributed by atoms with E-state index >= 15 is 0 Å². The molecule has 0 radical (unpaired) electrons. The number of ketones is 1. The minimum absolute atomic E-state index is 0.271. The van der Waals surface area contributed by atoms with Gasteiger partial charge in [0.05, 0.1) is 6.54 Å². The van der Waals surface area contributed by atoms with Crippen molar-refractivity contribution in [2.24, 2.45) is 0 Å². The smallest absolute Gasteiger partial charge is 0.444 e. The molecule has 1 amide bonds. The van der Waals surface area contributed by atoms with Crippen LogP contribution in [-0.4, -0.2) is 30.4 Å². The molecule has 0 aromatic heterocycles. The fourth-order valence-electron chi connectivity index (χ4n) is 1.64. The first-order valence-electron chi connectivity index (χ1n) is 6.88. The maximum atomic E-state index is 13.6. The van der Waals surface area contributed by atoms with Crippen LogP contribution in [0.3, 0.4) is 0 Å². The fraction of sp³-hybridized carbons (Fsp3) is 0.467. The van der Waals surface area contributed by atoms with Gasteiger partial charge < -0.3 is 14.8 Å². The first-order chi connectivity index (χ1) is 10.9. The molecule has 0 saturated heterocycles. The molecule has 0 spiro atoms. The number of hydrogen-bond donors (Lipinski definition) is 1. The number of Topliss-reactive ketones (excluding diaryl/α,β-unsaturated/α-hetero) is 1. The van der Waals surface area contributed by atoms with Crippen molar-refractivity contribution >= 4 is 11.9 Å². The SMILES string of the molecule is CC(C)(C)OC(=O)NCC(=O)Cc1cc(OC(F)(F)F)ccc1F. The molecule has 0 aliphatic carbocycles. The second-order valence-corrected chi connectivity index (χ2v) is 5.87. The Morgan fingerprint density at radius 3 is 2.33 bits per heavy atom. The summed E-state index contributed by atoms with van der Waals surface area (Å²) in [6, 6.07) is 2.36. The van der Waals surface area contributed by atoms with Crippen molar-refractivity contribution in [2.45, 2.75) is 39.2 Å². The molecule has 0 fully saturated rings. The van der Waals surface area contributed by atoms with Crippen LogP contribution in [0.25, 0.3) is 0 Å². The summed E-state index contributed by atoms with van der Waals surface area (Å²) < 4.78 is 58.6. The Kier molecular flexibility index (Phi) is 6.16. The maximum absolute atomic E-state index is 13.6. The standard InChI is InChI=1S/C15H17F4NO4/c1-14(2,3)24-13(22)20-8-10(21)6-9-7-11(4-5-12(9)16)23-15(17,18)19/h4-5,7H,6,8H2,1-3H3,(H,20,22). The number of hydrogen-bond acceptors (Lipinski definition) is 4. The number of amides is 1. The van der Waals surface area contributed by atoms with Crippen LogP contribution in [0.4, 0.5) is 22.4 Å². The van der Waals surface area contributed by atoms with Gasteiger partial charge in [0.15, 0.2) is 5.78 Å². The van der Waals surface area contributed by atoms with E-state index in [1.807, 2.05) is 0 Å². The number of ether oxygens (including phenoxy) is 2. The number of alkyl carbamates (subject to hydrolysis) is 1. The van der Waals surface area contributed by atoms with Gasteiger partial charge in [0.2, 0.25) is 0 Å². The molecule has 1 N–H and O–H groups in total. The van der Waals surface area contributed by atoms with Crippen molar-refractivity contribution in [1.82, 2.24) is 5.32 Å². The number of halogens is 4. The molecule has 1 aromatic carbocycles. The highest BCUT2D eigenvalue weighted by Gasteiger charge is 2.31. The van der Waals surface area contributed by atoms with E-state index in [4.69, 9.17) is 4.74 Å². The van der Waals surface area contributed by atoms with E-state index < -0.39 is 48.4 Å². The van der Waals surface area contributed by atoms with Crippen LogP contribution in [-0.2, 0) is 16.0 Å². The Labute approximate surface area is 135 Å². The third-order valence-electron chi connectivity index (χ3n) is 2.47. The normalized spacial score (nSPS) is 11.8. The van der Waals surface area contributed by atoms with Gasteiger partial charge in [-0.1, -0.05) is 0 Å². The minimum Gasteiger partial charge on any atom is -0.444 e. The molecule has 5 nitrogen and oxygen atoms in total. The molecule has 0 atom stereocenters. The zero-order chi connectivity index (χ0) is 18.5. The van der Waals surface area contributed by atoms with E-state index in [9.17, 15) is 27.2 Å². The molecular formula is C15H17F4NO4. The highest BCUT2D eigenvalue weighted by molar-refractivity contribution is 5.85. The quantitative estimate of drug-likeness (QED) is 0.826. The number of alkyl halides is 3. The van der Waals surface area contributed by atoms with Gasteiger partial charge in [-0.15, -0.1) is 13.2 Å². The summed E-state index contributed by atoms with van der Waals surface area (Å²) in [7, 11) is 0. The molecule has 24 heavy (non-hydrogen) atoms. The van der Waals surface area contributed by atoms with Crippen molar-refractivity contribution in [1.29, 1.82) is 0 Å². The van der Waals surface area contributed by atoms with Gasteiger partial charge in [0.25, 0.3) is 0 Å². The van der Waals surface area contributed by atoms with Crippen molar-refractivity contribution < 1.29 is 36.6 Å². The van der Waals surface area contributed by atoms with Crippen LogP contribution >= 0.6 is 0 Å². The van der Waals surface area contributed by atoms with Crippen molar-refractivity contribution in [2.75, 3.05) is 6.54 Å². The number of carbonyl (C=O) groups is 2. The third kappa shape index (κ3) is 7.80. The molecule has 1 aromatic rings. The van der Waals surface area contributed by atoms with Gasteiger partial charge >= 0.3 is 12.5 Å². The van der Waals surface area contributed by atoms with Gasteiger partial charge in [0.1, 0.15) is 17.2 Å². The summed E-state index contributed by atoms with van der Waals surface area (Å²) in [5.41, 5.74) is -1.02. The lowest BCUT2D eigenvalue weighted by molar-refractivity contribution is -0.274. The van der Waals surface area contributed by atoms with E-state index in [-0.39, 0.29) is 5.56 Å². The van der Waals surface area contributed by atoms with Crippen molar-refractivity contribution in [3.05, 3.63) is 29.6 Å². The summed E-state index contributed by atoms with van der Waals surface area (Å²) in [6.45, 7) is 4.46. The van der Waals surface area contributed by atoms with Crippen LogP contribution < -0.4 is 10.1 Å². The van der Waals surface area contributed by atoms with Crippen molar-refractivity contribution in [3.63, 3.8) is 0 Å². The number of rotatable bonds is 5. The number of benzene rings is 1. The van der Waals surface area contributed by atoms with Gasteiger partial charge in [-0.2, -0.15) is 0 Å². The summed E-state index contributed by atoms with van der Waals surface area (Å²) in [5, 5.41) is 2.19. The molecule has 0 heterocycles. The topological polar surface area (TPSA) is 64.6 Å². The first-order valence-corrected chi connectivity index (χ1v) is 6.88. The Balaban J connectivity index is 2.63. The van der Waals surface area contributed by atoms with Crippen LogP contribution in [0.2, 0.25) is 0 Å². The molecule has 134 valence electrons. The minimum atomic E-state index is -4.92. The van der Waals surface area contributed by atoms with Gasteiger partial charge in [-0.25, -0.2) is 9.18 Å². The summed E-state index contributed by atoms with van der Waals surface area (Å²) >= 11 is 0. The molecule has 0 aliphatic rings. The van der Waals surface area contributed by atoms with Gasteiger partial charge in [-0.05, 0) is 44.5 Å². The van der Waals surface area contributed by atoms with Crippen LogP contribution in [0.5, 0.6) is 5.75 Å². The monoisotopic (exact) mass is 351 g/mol. The second-order valence-electron chi connectivity index (χ2n) is 5.87. The molecular weight excluding hydrogens is 334 g/mol. The Morgan fingerprint density at radius 1 is 1.17 bits per heavy atom. The third-order valence-corrected chi connectivity index (χ3v) is 2.47. The van der Waals surface area contributed by atoms with Crippen molar-refractivity contribution in [3.8, 4) is 5.75 Å². The second kappa shape index (κ2) is 7.50. The molecule has 0 bridgehead atoms. The summed E-state index contributed by atoms with van der Waals surface area (Å²) in [4.78, 5) is 23.1. The number of carbonyl (C=O) groups excluding carboxylic acids is 2. The highest BCUT2D eigenvalue weighted by atomic mass is 19.4. The van der Waals surface area contributed by atoms with Crippen LogP contribution in [0, 0.1) is 5.82 Å². The lowest BCUT2D eigenvalue weighted by Gasteiger charge is -2.19. The molecule has 0 unspecified atom stereocenters. The maximum Gasteiger partial charge on any atom is 0.573 e. The molecule has 0 aliphatic heterocycles. The Hall–Kier alpha value is -2.32. The van der Waals surface area contributed by atoms with Gasteiger partial charge in [0, 0.05) is 6.42 Å². The van der Waals surface area contributed by atoms with E-state index in [0.717, 1.165) is 18.2 Å². The predicted octanol–water partition coefficient (Wildman–Crippen LogP) is 3.36. The highest BCUT2D eigenvalue weighted by Crippen LogP contribution is 2.24. The molecule has 9 heteroatoms. The predicted molar refractivity (Wildman–Crippen MR) is 76.0 cm³/mol. The average Bonchev–Trinajstić information content (AvgIpc) is 2.37. The van der Waals surface area contributed by atoms with Crippen LogP contribution in [0.15, 0.2) is 18.2 Å². The van der Waals surface area contributed by atoms with E-state index in [1.165, 1.54) is 0 Å².